The summed E-state index contributed by atoms with van der Waals surface area (Å²) in [5.74, 6) is 0. The molecule has 0 radical (unpaired) electrons. The maximum Gasteiger partial charge on any atom is 0.435 e. The number of carbonyl (C=O) groups excluding carboxylic acids is 1. The smallest absolute Gasteiger partial charge is 0.435 e. The van der Waals surface area contributed by atoms with Gasteiger partial charge in [-0.3, -0.25) is 0 Å². The first-order valence-corrected chi connectivity index (χ1v) is 5.72. The van der Waals surface area contributed by atoms with Crippen LogP contribution in [0, 0.1) is 0 Å². The lowest BCUT2D eigenvalue weighted by molar-refractivity contribution is 0.168. The van der Waals surface area contributed by atoms with E-state index in [9.17, 15) is 4.79 Å². The molecule has 0 saturated carbocycles. The second-order valence-corrected chi connectivity index (χ2v) is 4.34. The zero-order chi connectivity index (χ0) is 12.3. The van der Waals surface area contributed by atoms with Gasteiger partial charge in [-0.05, 0) is 17.7 Å². The van der Waals surface area contributed by atoms with Gasteiger partial charge in [0.25, 0.3) is 0 Å². The zero-order valence-corrected chi connectivity index (χ0v) is 10.7. The van der Waals surface area contributed by atoms with Crippen molar-refractivity contribution in [1.82, 2.24) is 15.0 Å². The number of benzene rings is 1. The first-order valence-electron chi connectivity index (χ1n) is 4.93. The second-order valence-electron chi connectivity index (χ2n) is 3.43. The van der Waals surface area contributed by atoms with Gasteiger partial charge < -0.3 is 4.74 Å². The molecule has 88 valence electrons. The molecule has 1 aromatic carbocycles. The van der Waals surface area contributed by atoms with E-state index in [4.69, 9.17) is 0 Å². The Bertz CT molecular complexity index is 522. The normalized spacial score (nSPS) is 10.2. The first kappa shape index (κ1) is 11.8. The predicted octanol–water partition coefficient (Wildman–Crippen LogP) is 2.25. The average molecular weight is 296 g/mol. The summed E-state index contributed by atoms with van der Waals surface area (Å²) in [6.07, 6.45) is 1.65. The zero-order valence-electron chi connectivity index (χ0n) is 9.13. The molecule has 0 bridgehead atoms. The molecule has 6 heteroatoms. The molecule has 5 nitrogen and oxygen atoms in total. The molecule has 0 unspecified atom stereocenters. The van der Waals surface area contributed by atoms with Crippen molar-refractivity contribution < 1.29 is 9.53 Å². The number of nitrogens with zero attached hydrogens (tertiary/aromatic N) is 3. The Morgan fingerprint density at radius 3 is 2.76 bits per heavy atom. The summed E-state index contributed by atoms with van der Waals surface area (Å²) in [7, 11) is 1.30. The number of halogens is 1. The minimum Gasteiger partial charge on any atom is -0.451 e. The maximum atomic E-state index is 11.2. The second kappa shape index (κ2) is 5.09. The van der Waals surface area contributed by atoms with E-state index in [0.29, 0.717) is 6.42 Å². The summed E-state index contributed by atoms with van der Waals surface area (Å²) in [6.45, 7) is 0. The highest BCUT2D eigenvalue weighted by Crippen LogP contribution is 2.12. The van der Waals surface area contributed by atoms with Gasteiger partial charge in [0.1, 0.15) is 0 Å². The van der Waals surface area contributed by atoms with Gasteiger partial charge in [0.05, 0.1) is 19.0 Å². The van der Waals surface area contributed by atoms with Gasteiger partial charge in [0.2, 0.25) is 0 Å². The Labute approximate surface area is 107 Å². The highest BCUT2D eigenvalue weighted by molar-refractivity contribution is 9.10. The van der Waals surface area contributed by atoms with Crippen LogP contribution in [0.1, 0.15) is 11.3 Å². The van der Waals surface area contributed by atoms with Crippen molar-refractivity contribution in [3.05, 3.63) is 46.2 Å². The Morgan fingerprint density at radius 2 is 2.12 bits per heavy atom. The summed E-state index contributed by atoms with van der Waals surface area (Å²) in [6, 6.07) is 7.89. The summed E-state index contributed by atoms with van der Waals surface area (Å²) in [5.41, 5.74) is 1.82. The molecule has 0 atom stereocenters. The largest absolute Gasteiger partial charge is 0.451 e. The fourth-order valence-corrected chi connectivity index (χ4v) is 1.64. The lowest BCUT2D eigenvalue weighted by Gasteiger charge is -1.97. The third kappa shape index (κ3) is 2.91. The van der Waals surface area contributed by atoms with Crippen LogP contribution in [0.5, 0.6) is 0 Å². The third-order valence-corrected chi connectivity index (χ3v) is 2.73. The lowest BCUT2D eigenvalue weighted by atomic mass is 10.1. The van der Waals surface area contributed by atoms with E-state index in [-0.39, 0.29) is 0 Å². The number of carbonyl (C=O) groups is 1. The van der Waals surface area contributed by atoms with Crippen molar-refractivity contribution in [2.45, 2.75) is 6.42 Å². The van der Waals surface area contributed by atoms with Crippen LogP contribution in [-0.4, -0.2) is 28.2 Å². The van der Waals surface area contributed by atoms with Gasteiger partial charge in [-0.25, -0.2) is 4.79 Å². The molecule has 1 aromatic heterocycles. The standard InChI is InChI=1S/C11H10BrN3O2/c1-17-11(16)15-7-10(13-14-15)6-8-2-4-9(12)5-3-8/h2-5,7H,6H2,1H3. The van der Waals surface area contributed by atoms with Crippen LogP contribution in [0.4, 0.5) is 4.79 Å². The van der Waals surface area contributed by atoms with E-state index in [1.807, 2.05) is 24.3 Å². The number of hydrogen-bond acceptors (Lipinski definition) is 4. The monoisotopic (exact) mass is 295 g/mol. The quantitative estimate of drug-likeness (QED) is 0.853. The predicted molar refractivity (Wildman–Crippen MR) is 64.8 cm³/mol. The molecule has 0 amide bonds. The molecular weight excluding hydrogens is 286 g/mol. The van der Waals surface area contributed by atoms with Crippen LogP contribution in [0.25, 0.3) is 0 Å². The molecule has 0 fully saturated rings. The summed E-state index contributed by atoms with van der Waals surface area (Å²) in [5, 5.41) is 7.59. The number of rotatable bonds is 2. The van der Waals surface area contributed by atoms with Crippen LogP contribution >= 0.6 is 15.9 Å². The Morgan fingerprint density at radius 1 is 1.41 bits per heavy atom. The lowest BCUT2D eigenvalue weighted by Crippen LogP contribution is -2.11. The van der Waals surface area contributed by atoms with Crippen molar-refractivity contribution in [3.8, 4) is 0 Å². The van der Waals surface area contributed by atoms with E-state index in [1.54, 1.807) is 6.20 Å². The number of ether oxygens (including phenoxy) is 1. The SMILES string of the molecule is COC(=O)n1cc(Cc2ccc(Br)cc2)nn1. The third-order valence-electron chi connectivity index (χ3n) is 2.20. The van der Waals surface area contributed by atoms with E-state index < -0.39 is 6.09 Å². The van der Waals surface area contributed by atoms with E-state index in [0.717, 1.165) is 20.4 Å². The van der Waals surface area contributed by atoms with Gasteiger partial charge in [-0.15, -0.1) is 5.10 Å². The highest BCUT2D eigenvalue weighted by atomic mass is 79.9. The molecule has 1 heterocycles. The van der Waals surface area contributed by atoms with Crippen molar-refractivity contribution in [3.63, 3.8) is 0 Å². The molecule has 0 aliphatic carbocycles. The van der Waals surface area contributed by atoms with Gasteiger partial charge in [0, 0.05) is 10.9 Å². The topological polar surface area (TPSA) is 57.0 Å². The minimum atomic E-state index is -0.542. The molecule has 0 aliphatic heterocycles. The molecule has 0 N–H and O–H groups in total. The molecule has 0 aliphatic rings. The van der Waals surface area contributed by atoms with E-state index in [1.165, 1.54) is 7.11 Å². The van der Waals surface area contributed by atoms with Crippen molar-refractivity contribution in [2.24, 2.45) is 0 Å². The number of aromatic nitrogens is 3. The first-order chi connectivity index (χ1) is 8.19. The minimum absolute atomic E-state index is 0.542. The number of hydrogen-bond donors (Lipinski definition) is 0. The van der Waals surface area contributed by atoms with Crippen molar-refractivity contribution in [1.29, 1.82) is 0 Å². The highest BCUT2D eigenvalue weighted by Gasteiger charge is 2.08. The Balaban J connectivity index is 2.11. The van der Waals surface area contributed by atoms with Gasteiger partial charge >= 0.3 is 6.09 Å². The molecule has 0 spiro atoms. The fourth-order valence-electron chi connectivity index (χ4n) is 1.37. The fraction of sp³-hybridized carbons (Fsp3) is 0.182. The summed E-state index contributed by atoms with van der Waals surface area (Å²) < 4.78 is 6.64. The van der Waals surface area contributed by atoms with E-state index in [2.05, 4.69) is 31.0 Å². The summed E-state index contributed by atoms with van der Waals surface area (Å²) >= 11 is 3.37. The average Bonchev–Trinajstić information content (AvgIpc) is 2.80. The molecule has 0 saturated heterocycles. The van der Waals surface area contributed by atoms with Gasteiger partial charge in [0.15, 0.2) is 0 Å². The van der Waals surface area contributed by atoms with Crippen LogP contribution in [-0.2, 0) is 11.2 Å². The van der Waals surface area contributed by atoms with Crippen LogP contribution < -0.4 is 0 Å². The van der Waals surface area contributed by atoms with Crippen molar-refractivity contribution >= 4 is 22.0 Å². The Kier molecular flexibility index (Phi) is 3.53. The Hall–Kier alpha value is -1.69. The van der Waals surface area contributed by atoms with E-state index >= 15 is 0 Å². The van der Waals surface area contributed by atoms with Crippen LogP contribution in [0.15, 0.2) is 34.9 Å². The van der Waals surface area contributed by atoms with Gasteiger partial charge in [-0.2, -0.15) is 4.68 Å². The molecule has 2 rings (SSSR count). The molecular formula is C11H10BrN3O2. The number of methoxy groups -OCH3 is 1. The molecule has 17 heavy (non-hydrogen) atoms. The van der Waals surface area contributed by atoms with Crippen LogP contribution in [0.2, 0.25) is 0 Å². The van der Waals surface area contributed by atoms with Crippen molar-refractivity contribution in [2.75, 3.05) is 7.11 Å². The molecule has 2 aromatic rings. The van der Waals surface area contributed by atoms with Crippen LogP contribution in [0.3, 0.4) is 0 Å². The maximum absolute atomic E-state index is 11.2. The van der Waals surface area contributed by atoms with Gasteiger partial charge in [-0.1, -0.05) is 33.3 Å². The summed E-state index contributed by atoms with van der Waals surface area (Å²) in [4.78, 5) is 11.2.